The van der Waals surface area contributed by atoms with Crippen LogP contribution < -0.4 is 20.7 Å². The molecule has 1 atom stereocenters. The van der Waals surface area contributed by atoms with E-state index >= 15 is 0 Å². The summed E-state index contributed by atoms with van der Waals surface area (Å²) in [6.07, 6.45) is 0.0132. The maximum Gasteiger partial charge on any atom is 0.251 e. The Balaban J connectivity index is 2.10. The molecule has 1 saturated heterocycles. The predicted molar refractivity (Wildman–Crippen MR) is 75.7 cm³/mol. The fourth-order valence-electron chi connectivity index (χ4n) is 2.14. The zero-order valence-corrected chi connectivity index (χ0v) is 11.7. The third-order valence-corrected chi connectivity index (χ3v) is 3.08. The number of benzene rings is 1. The van der Waals surface area contributed by atoms with Gasteiger partial charge in [0.1, 0.15) is 5.75 Å². The number of carbonyl (C=O) groups excluding carboxylic acids is 3. The number of hydrogen-bond acceptors (Lipinski definition) is 5. The first-order valence-corrected chi connectivity index (χ1v) is 6.64. The lowest BCUT2D eigenvalue weighted by molar-refractivity contribution is -0.121. The molecule has 1 aromatic carbocycles. The standard InChI is InChI=1S/C14H17N3O4/c1-2-21-10-5-3-9(4-6-10)17-13(19)7-11(14(17)20)16-8-12(15)18/h3-6,11,16H,2,7-8H2,1H3,(H2,15,18)/t11-/m1/s1. The summed E-state index contributed by atoms with van der Waals surface area (Å²) in [5, 5.41) is 2.68. The van der Waals surface area contributed by atoms with Crippen molar-refractivity contribution in [3.05, 3.63) is 24.3 Å². The van der Waals surface area contributed by atoms with Gasteiger partial charge in [-0.25, -0.2) is 4.90 Å². The van der Waals surface area contributed by atoms with E-state index in [1.165, 1.54) is 0 Å². The summed E-state index contributed by atoms with van der Waals surface area (Å²) < 4.78 is 5.31. The second kappa shape index (κ2) is 6.36. The highest BCUT2D eigenvalue weighted by Crippen LogP contribution is 2.25. The number of hydrogen-bond donors (Lipinski definition) is 2. The van der Waals surface area contributed by atoms with Gasteiger partial charge in [-0.2, -0.15) is 0 Å². The number of amides is 3. The number of anilines is 1. The second-order valence-electron chi connectivity index (χ2n) is 4.60. The maximum absolute atomic E-state index is 12.2. The highest BCUT2D eigenvalue weighted by molar-refractivity contribution is 6.22. The summed E-state index contributed by atoms with van der Waals surface area (Å²) in [7, 11) is 0. The Morgan fingerprint density at radius 1 is 1.38 bits per heavy atom. The van der Waals surface area contributed by atoms with Gasteiger partial charge in [0, 0.05) is 0 Å². The molecule has 0 spiro atoms. The van der Waals surface area contributed by atoms with Gasteiger partial charge in [0.15, 0.2) is 0 Å². The van der Waals surface area contributed by atoms with E-state index in [2.05, 4.69) is 5.32 Å². The van der Waals surface area contributed by atoms with E-state index in [0.717, 1.165) is 4.90 Å². The summed E-state index contributed by atoms with van der Waals surface area (Å²) >= 11 is 0. The lowest BCUT2D eigenvalue weighted by Crippen LogP contribution is -2.42. The average Bonchev–Trinajstić information content (AvgIpc) is 2.73. The zero-order valence-electron chi connectivity index (χ0n) is 11.7. The second-order valence-corrected chi connectivity index (χ2v) is 4.60. The van der Waals surface area contributed by atoms with E-state index in [1.807, 2.05) is 6.92 Å². The first kappa shape index (κ1) is 15.0. The van der Waals surface area contributed by atoms with Gasteiger partial charge in [-0.1, -0.05) is 0 Å². The van der Waals surface area contributed by atoms with Crippen LogP contribution in [0.2, 0.25) is 0 Å². The minimum Gasteiger partial charge on any atom is -0.494 e. The molecule has 3 amide bonds. The van der Waals surface area contributed by atoms with Crippen molar-refractivity contribution in [1.82, 2.24) is 5.32 Å². The summed E-state index contributed by atoms with van der Waals surface area (Å²) in [5.41, 5.74) is 5.50. The van der Waals surface area contributed by atoms with Crippen molar-refractivity contribution in [1.29, 1.82) is 0 Å². The lowest BCUT2D eigenvalue weighted by Gasteiger charge is -2.15. The molecule has 1 aliphatic rings. The number of nitrogens with zero attached hydrogens (tertiary/aromatic N) is 1. The van der Waals surface area contributed by atoms with E-state index in [-0.39, 0.29) is 24.8 Å². The molecule has 0 aromatic heterocycles. The molecule has 112 valence electrons. The fraction of sp³-hybridized carbons (Fsp3) is 0.357. The van der Waals surface area contributed by atoms with Crippen molar-refractivity contribution < 1.29 is 19.1 Å². The summed E-state index contributed by atoms with van der Waals surface area (Å²) in [4.78, 5) is 36.0. The molecule has 1 heterocycles. The van der Waals surface area contributed by atoms with Gasteiger partial charge < -0.3 is 10.5 Å². The van der Waals surface area contributed by atoms with Crippen molar-refractivity contribution in [3.63, 3.8) is 0 Å². The number of rotatable bonds is 6. The molecular weight excluding hydrogens is 274 g/mol. The Morgan fingerprint density at radius 3 is 2.62 bits per heavy atom. The molecule has 3 N–H and O–H groups in total. The van der Waals surface area contributed by atoms with E-state index < -0.39 is 11.9 Å². The highest BCUT2D eigenvalue weighted by atomic mass is 16.5. The van der Waals surface area contributed by atoms with E-state index in [1.54, 1.807) is 24.3 Å². The van der Waals surface area contributed by atoms with Crippen LogP contribution in [-0.4, -0.2) is 36.9 Å². The Morgan fingerprint density at radius 2 is 2.05 bits per heavy atom. The van der Waals surface area contributed by atoms with Crippen LogP contribution >= 0.6 is 0 Å². The van der Waals surface area contributed by atoms with Crippen molar-refractivity contribution >= 4 is 23.4 Å². The van der Waals surface area contributed by atoms with Gasteiger partial charge in [0.2, 0.25) is 11.8 Å². The third kappa shape index (κ3) is 3.38. The van der Waals surface area contributed by atoms with Crippen LogP contribution in [0.3, 0.4) is 0 Å². The normalized spacial score (nSPS) is 18.1. The monoisotopic (exact) mass is 291 g/mol. The van der Waals surface area contributed by atoms with Gasteiger partial charge in [0.25, 0.3) is 5.91 Å². The Bertz CT molecular complexity index is 556. The van der Waals surface area contributed by atoms with E-state index in [9.17, 15) is 14.4 Å². The largest absolute Gasteiger partial charge is 0.494 e. The minimum atomic E-state index is -0.712. The summed E-state index contributed by atoms with van der Waals surface area (Å²) in [6.45, 7) is 2.28. The molecule has 0 aliphatic carbocycles. The van der Waals surface area contributed by atoms with Crippen molar-refractivity contribution in [2.45, 2.75) is 19.4 Å². The van der Waals surface area contributed by atoms with Gasteiger partial charge in [-0.05, 0) is 31.2 Å². The Kier molecular flexibility index (Phi) is 4.54. The van der Waals surface area contributed by atoms with Crippen molar-refractivity contribution in [2.24, 2.45) is 5.73 Å². The molecule has 0 unspecified atom stereocenters. The number of primary amides is 1. The number of carbonyl (C=O) groups is 3. The van der Waals surface area contributed by atoms with Crippen LogP contribution in [0.25, 0.3) is 0 Å². The number of nitrogens with two attached hydrogens (primary N) is 1. The molecule has 21 heavy (non-hydrogen) atoms. The van der Waals surface area contributed by atoms with Gasteiger partial charge >= 0.3 is 0 Å². The smallest absolute Gasteiger partial charge is 0.251 e. The highest BCUT2D eigenvalue weighted by Gasteiger charge is 2.39. The average molecular weight is 291 g/mol. The molecular formula is C14H17N3O4. The molecule has 0 radical (unpaired) electrons. The molecule has 0 bridgehead atoms. The SMILES string of the molecule is CCOc1ccc(N2C(=O)C[C@@H](NCC(N)=O)C2=O)cc1. The first-order chi connectivity index (χ1) is 10.0. The number of imide groups is 1. The third-order valence-electron chi connectivity index (χ3n) is 3.08. The summed E-state index contributed by atoms with van der Waals surface area (Å²) in [5.74, 6) is -0.602. The van der Waals surface area contributed by atoms with Crippen LogP contribution in [0, 0.1) is 0 Å². The van der Waals surface area contributed by atoms with E-state index in [4.69, 9.17) is 10.5 Å². The molecule has 1 aliphatic heterocycles. The van der Waals surface area contributed by atoms with Crippen LogP contribution in [0.15, 0.2) is 24.3 Å². The van der Waals surface area contributed by atoms with Gasteiger partial charge in [0.05, 0.1) is 31.3 Å². The van der Waals surface area contributed by atoms with E-state index in [0.29, 0.717) is 18.0 Å². The minimum absolute atomic E-state index is 0.0132. The van der Waals surface area contributed by atoms with Crippen LogP contribution in [0.1, 0.15) is 13.3 Å². The quantitative estimate of drug-likeness (QED) is 0.706. The maximum atomic E-state index is 12.2. The summed E-state index contributed by atoms with van der Waals surface area (Å²) in [6, 6.07) is 5.98. The molecule has 7 heteroatoms. The zero-order chi connectivity index (χ0) is 15.4. The predicted octanol–water partition coefficient (Wildman–Crippen LogP) is -0.208. The van der Waals surface area contributed by atoms with Gasteiger partial charge in [-0.15, -0.1) is 0 Å². The lowest BCUT2D eigenvalue weighted by atomic mass is 10.2. The van der Waals surface area contributed by atoms with Crippen molar-refractivity contribution in [3.8, 4) is 5.75 Å². The Labute approximate surface area is 122 Å². The Hall–Kier alpha value is -2.41. The molecule has 2 rings (SSSR count). The van der Waals surface area contributed by atoms with Crippen LogP contribution in [0.4, 0.5) is 5.69 Å². The number of ether oxygens (including phenoxy) is 1. The number of nitrogens with one attached hydrogen (secondary N) is 1. The van der Waals surface area contributed by atoms with Crippen molar-refractivity contribution in [2.75, 3.05) is 18.1 Å². The first-order valence-electron chi connectivity index (χ1n) is 6.64. The van der Waals surface area contributed by atoms with Crippen LogP contribution in [0.5, 0.6) is 5.75 Å². The fourth-order valence-corrected chi connectivity index (χ4v) is 2.14. The topological polar surface area (TPSA) is 102 Å². The van der Waals surface area contributed by atoms with Crippen LogP contribution in [-0.2, 0) is 14.4 Å². The van der Waals surface area contributed by atoms with Gasteiger partial charge in [-0.3, -0.25) is 19.7 Å². The molecule has 1 fully saturated rings. The molecule has 7 nitrogen and oxygen atoms in total. The molecule has 1 aromatic rings. The molecule has 0 saturated carbocycles.